The molecule has 2 rings (SSSR count). The van der Waals surface area contributed by atoms with Crippen LogP contribution < -0.4 is 5.32 Å². The van der Waals surface area contributed by atoms with Crippen molar-refractivity contribution in [1.29, 1.82) is 0 Å². The van der Waals surface area contributed by atoms with Crippen molar-refractivity contribution in [3.63, 3.8) is 0 Å². The van der Waals surface area contributed by atoms with Crippen molar-refractivity contribution in [1.82, 2.24) is 9.78 Å². The topological polar surface area (TPSA) is 29.9 Å². The molecule has 0 saturated carbocycles. The first-order valence-electron chi connectivity index (χ1n) is 5.43. The normalized spacial score (nSPS) is 10.7. The van der Waals surface area contributed by atoms with Crippen molar-refractivity contribution in [2.24, 2.45) is 7.05 Å². The molecule has 2 aromatic rings. The van der Waals surface area contributed by atoms with Crippen LogP contribution in [0.25, 0.3) is 0 Å². The first kappa shape index (κ1) is 13.0. The van der Waals surface area contributed by atoms with Crippen LogP contribution in [0.1, 0.15) is 5.69 Å². The van der Waals surface area contributed by atoms with Gasteiger partial charge in [0.2, 0.25) is 0 Å². The summed E-state index contributed by atoms with van der Waals surface area (Å²) in [6.07, 6.45) is 2.42. The highest BCUT2D eigenvalue weighted by atomic mass is 79.9. The van der Waals surface area contributed by atoms with E-state index in [9.17, 15) is 8.78 Å². The number of aromatic nitrogens is 2. The molecule has 1 N–H and O–H groups in total. The van der Waals surface area contributed by atoms with E-state index >= 15 is 0 Å². The van der Waals surface area contributed by atoms with E-state index in [1.807, 2.05) is 13.1 Å². The summed E-state index contributed by atoms with van der Waals surface area (Å²) in [7, 11) is 1.85. The van der Waals surface area contributed by atoms with Gasteiger partial charge in [-0.3, -0.25) is 4.68 Å². The second kappa shape index (κ2) is 5.48. The van der Waals surface area contributed by atoms with E-state index in [0.717, 1.165) is 11.8 Å². The van der Waals surface area contributed by atoms with Gasteiger partial charge in [0.1, 0.15) is 11.6 Å². The third-order valence-corrected chi connectivity index (χ3v) is 3.24. The fourth-order valence-corrected chi connectivity index (χ4v) is 2.22. The molecule has 0 spiro atoms. The summed E-state index contributed by atoms with van der Waals surface area (Å²) in [5.74, 6) is -1.21. The molecule has 0 fully saturated rings. The third-order valence-electron chi connectivity index (χ3n) is 2.61. The molecule has 0 bridgehead atoms. The summed E-state index contributed by atoms with van der Waals surface area (Å²) in [6.45, 7) is 0.542. The van der Waals surface area contributed by atoms with Crippen molar-refractivity contribution in [2.75, 3.05) is 11.9 Å². The Labute approximate surface area is 112 Å². The standard InChI is InChI=1S/C12H12BrF2N3/c1-18-9(3-5-17-18)2-4-16-12-10(13)6-8(14)7-11(12)15/h3,5-7,16H,2,4H2,1H3. The molecule has 0 atom stereocenters. The number of nitrogens with zero attached hydrogens (tertiary/aromatic N) is 2. The summed E-state index contributed by atoms with van der Waals surface area (Å²) < 4.78 is 28.5. The van der Waals surface area contributed by atoms with Crippen LogP contribution in [0.3, 0.4) is 0 Å². The average Bonchev–Trinajstić information content (AvgIpc) is 2.68. The molecule has 1 aromatic heterocycles. The van der Waals surface area contributed by atoms with Gasteiger partial charge in [-0.15, -0.1) is 0 Å². The van der Waals surface area contributed by atoms with Crippen LogP contribution in [-0.4, -0.2) is 16.3 Å². The van der Waals surface area contributed by atoms with Gasteiger partial charge in [0, 0.05) is 42.4 Å². The second-order valence-corrected chi connectivity index (χ2v) is 4.72. The van der Waals surface area contributed by atoms with Gasteiger partial charge >= 0.3 is 0 Å². The third kappa shape index (κ3) is 2.87. The lowest BCUT2D eigenvalue weighted by Gasteiger charge is -2.10. The van der Waals surface area contributed by atoms with Gasteiger partial charge in [0.05, 0.1) is 5.69 Å². The van der Waals surface area contributed by atoms with E-state index in [0.29, 0.717) is 17.4 Å². The SMILES string of the molecule is Cn1nccc1CCNc1c(F)cc(F)cc1Br. The Morgan fingerprint density at radius 2 is 2.17 bits per heavy atom. The largest absolute Gasteiger partial charge is 0.381 e. The molecule has 6 heteroatoms. The van der Waals surface area contributed by atoms with Crippen LogP contribution >= 0.6 is 15.9 Å². The van der Waals surface area contributed by atoms with Gasteiger partial charge in [0.25, 0.3) is 0 Å². The van der Waals surface area contributed by atoms with Gasteiger partial charge < -0.3 is 5.32 Å². The maximum Gasteiger partial charge on any atom is 0.150 e. The first-order chi connectivity index (χ1) is 8.58. The van der Waals surface area contributed by atoms with E-state index in [1.165, 1.54) is 6.07 Å². The highest BCUT2D eigenvalue weighted by molar-refractivity contribution is 9.10. The number of hydrogen-bond donors (Lipinski definition) is 1. The minimum absolute atomic E-state index is 0.276. The highest BCUT2D eigenvalue weighted by Crippen LogP contribution is 2.26. The number of rotatable bonds is 4. The summed E-state index contributed by atoms with van der Waals surface area (Å²) in [4.78, 5) is 0. The van der Waals surface area contributed by atoms with Gasteiger partial charge in [-0.25, -0.2) is 8.78 Å². The maximum absolute atomic E-state index is 13.5. The Morgan fingerprint density at radius 3 is 2.78 bits per heavy atom. The zero-order valence-electron chi connectivity index (χ0n) is 9.75. The first-order valence-corrected chi connectivity index (χ1v) is 6.22. The van der Waals surface area contributed by atoms with Crippen LogP contribution in [0.15, 0.2) is 28.9 Å². The summed E-state index contributed by atoms with van der Waals surface area (Å²) >= 11 is 3.13. The molecule has 3 nitrogen and oxygen atoms in total. The fourth-order valence-electron chi connectivity index (χ4n) is 1.67. The number of hydrogen-bond acceptors (Lipinski definition) is 2. The summed E-state index contributed by atoms with van der Waals surface area (Å²) in [5, 5.41) is 6.99. The molecule has 1 aromatic carbocycles. The van der Waals surface area contributed by atoms with Gasteiger partial charge in [-0.2, -0.15) is 5.10 Å². The molecule has 0 unspecified atom stereocenters. The van der Waals surface area contributed by atoms with E-state index in [-0.39, 0.29) is 5.69 Å². The van der Waals surface area contributed by atoms with E-state index in [4.69, 9.17) is 0 Å². The van der Waals surface area contributed by atoms with E-state index in [2.05, 4.69) is 26.3 Å². The lowest BCUT2D eigenvalue weighted by Crippen LogP contribution is -2.10. The summed E-state index contributed by atoms with van der Waals surface area (Å²) in [6, 6.07) is 3.99. The summed E-state index contributed by atoms with van der Waals surface area (Å²) in [5.41, 5.74) is 1.32. The smallest absolute Gasteiger partial charge is 0.150 e. The Balaban J connectivity index is 2.01. The number of anilines is 1. The molecular weight excluding hydrogens is 304 g/mol. The molecule has 0 saturated heterocycles. The molecule has 0 aliphatic carbocycles. The van der Waals surface area contributed by atoms with Gasteiger partial charge in [-0.05, 0) is 28.1 Å². The molecule has 0 aliphatic heterocycles. The minimum Gasteiger partial charge on any atom is -0.381 e. The lowest BCUT2D eigenvalue weighted by molar-refractivity contribution is 0.583. The van der Waals surface area contributed by atoms with Crippen molar-refractivity contribution < 1.29 is 8.78 Å². The highest BCUT2D eigenvalue weighted by Gasteiger charge is 2.09. The van der Waals surface area contributed by atoms with Gasteiger partial charge in [0.15, 0.2) is 0 Å². The number of aryl methyl sites for hydroxylation is 1. The Bertz CT molecular complexity index is 531. The van der Waals surface area contributed by atoms with Crippen LogP contribution in [-0.2, 0) is 13.5 Å². The quantitative estimate of drug-likeness (QED) is 0.939. The monoisotopic (exact) mass is 315 g/mol. The van der Waals surface area contributed by atoms with Crippen LogP contribution in [0.5, 0.6) is 0 Å². The molecular formula is C12H12BrF2N3. The molecule has 96 valence electrons. The maximum atomic E-state index is 13.5. The minimum atomic E-state index is -0.605. The average molecular weight is 316 g/mol. The predicted octanol–water partition coefficient (Wildman–Crippen LogP) is 3.12. The second-order valence-electron chi connectivity index (χ2n) is 3.87. The van der Waals surface area contributed by atoms with Crippen molar-refractivity contribution in [3.05, 3.63) is 46.2 Å². The van der Waals surface area contributed by atoms with E-state index < -0.39 is 11.6 Å². The van der Waals surface area contributed by atoms with Crippen LogP contribution in [0.4, 0.5) is 14.5 Å². The predicted molar refractivity (Wildman–Crippen MR) is 69.5 cm³/mol. The molecule has 0 aliphatic rings. The zero-order valence-corrected chi connectivity index (χ0v) is 11.3. The molecule has 1 heterocycles. The number of nitrogens with one attached hydrogen (secondary N) is 1. The lowest BCUT2D eigenvalue weighted by atomic mass is 10.2. The Hall–Kier alpha value is -1.43. The van der Waals surface area contributed by atoms with Crippen LogP contribution in [0, 0.1) is 11.6 Å². The molecule has 0 radical (unpaired) electrons. The van der Waals surface area contributed by atoms with E-state index in [1.54, 1.807) is 10.9 Å². The molecule has 18 heavy (non-hydrogen) atoms. The Morgan fingerprint density at radius 1 is 1.39 bits per heavy atom. The fraction of sp³-hybridized carbons (Fsp3) is 0.250. The zero-order chi connectivity index (χ0) is 13.1. The van der Waals surface area contributed by atoms with Crippen molar-refractivity contribution in [2.45, 2.75) is 6.42 Å². The van der Waals surface area contributed by atoms with Crippen LogP contribution in [0.2, 0.25) is 0 Å². The number of halogens is 3. The van der Waals surface area contributed by atoms with Gasteiger partial charge in [-0.1, -0.05) is 0 Å². The number of benzene rings is 1. The Kier molecular flexibility index (Phi) is 3.96. The van der Waals surface area contributed by atoms with Crippen molar-refractivity contribution >= 4 is 21.6 Å². The molecule has 0 amide bonds. The van der Waals surface area contributed by atoms with Crippen molar-refractivity contribution in [3.8, 4) is 0 Å².